The summed E-state index contributed by atoms with van der Waals surface area (Å²) in [5.74, 6) is -0.765. The smallest absolute Gasteiger partial charge is 0.290 e. The van der Waals surface area contributed by atoms with Crippen LogP contribution in [-0.2, 0) is 16.8 Å². The average molecular weight is 486 g/mol. The van der Waals surface area contributed by atoms with Gasteiger partial charge in [0.25, 0.3) is 5.91 Å². The Morgan fingerprint density at radius 2 is 1.83 bits per heavy atom. The normalized spacial score (nSPS) is 16.3. The van der Waals surface area contributed by atoms with Crippen molar-refractivity contribution in [3.63, 3.8) is 0 Å². The maximum absolute atomic E-state index is 13.8. The Bertz CT molecular complexity index is 1470. The van der Waals surface area contributed by atoms with Crippen LogP contribution in [0.3, 0.4) is 0 Å². The summed E-state index contributed by atoms with van der Waals surface area (Å²) in [4.78, 5) is 28.5. The molecule has 0 fully saturated rings. The summed E-state index contributed by atoms with van der Waals surface area (Å²) >= 11 is 0. The minimum atomic E-state index is -0.820. The third-order valence-corrected chi connectivity index (χ3v) is 6.50. The fraction of sp³-hybridized carbons (Fsp3) is 0.241. The van der Waals surface area contributed by atoms with Crippen molar-refractivity contribution in [1.82, 2.24) is 4.90 Å². The SMILES string of the molecule is COc1cccc2cc(C(=O)C3=C(O)C(=O)N(Cc4ccco4)C3c3ccc(C(C)(C)C)cc3)oc12. The van der Waals surface area contributed by atoms with Crippen molar-refractivity contribution >= 4 is 22.7 Å². The standard InChI is InChI=1S/C29H27NO6/c1-29(2,3)19-12-10-17(11-13-19)24-23(26(32)28(33)30(24)16-20-8-6-14-35-20)25(31)22-15-18-7-5-9-21(34-4)27(18)36-22/h5-15,24,32H,16H2,1-4H3. The number of carbonyl (C=O) groups is 2. The number of hydrogen-bond acceptors (Lipinski definition) is 6. The summed E-state index contributed by atoms with van der Waals surface area (Å²) in [5.41, 5.74) is 2.13. The molecule has 1 unspecified atom stereocenters. The van der Waals surface area contributed by atoms with Crippen molar-refractivity contribution in [1.29, 1.82) is 0 Å². The zero-order valence-corrected chi connectivity index (χ0v) is 20.6. The predicted molar refractivity (Wildman–Crippen MR) is 134 cm³/mol. The van der Waals surface area contributed by atoms with E-state index in [0.717, 1.165) is 5.56 Å². The lowest BCUT2D eigenvalue weighted by molar-refractivity contribution is -0.130. The number of fused-ring (bicyclic) bond motifs is 1. The largest absolute Gasteiger partial charge is 0.503 e. The Hall–Kier alpha value is -4.26. The topological polar surface area (TPSA) is 93.1 Å². The molecule has 0 spiro atoms. The van der Waals surface area contributed by atoms with Crippen molar-refractivity contribution in [2.24, 2.45) is 0 Å². The number of rotatable bonds is 6. The molecule has 36 heavy (non-hydrogen) atoms. The summed E-state index contributed by atoms with van der Waals surface area (Å²) in [7, 11) is 1.52. The molecule has 1 N–H and O–H groups in total. The monoisotopic (exact) mass is 485 g/mol. The van der Waals surface area contributed by atoms with Gasteiger partial charge in [-0.15, -0.1) is 0 Å². The second-order valence-corrected chi connectivity index (χ2v) is 9.87. The number of ketones is 1. The van der Waals surface area contributed by atoms with Gasteiger partial charge < -0.3 is 23.6 Å². The average Bonchev–Trinajstić information content (AvgIpc) is 3.58. The molecule has 0 radical (unpaired) electrons. The first kappa shape index (κ1) is 23.5. The van der Waals surface area contributed by atoms with Crippen LogP contribution in [0.15, 0.2) is 87.1 Å². The molecule has 2 aromatic carbocycles. The third kappa shape index (κ3) is 3.96. The lowest BCUT2D eigenvalue weighted by Gasteiger charge is -2.27. The van der Waals surface area contributed by atoms with Gasteiger partial charge in [0.2, 0.25) is 5.78 Å². The molecule has 7 nitrogen and oxygen atoms in total. The third-order valence-electron chi connectivity index (χ3n) is 6.50. The minimum Gasteiger partial charge on any atom is -0.503 e. The number of nitrogens with zero attached hydrogens (tertiary/aromatic N) is 1. The fourth-order valence-corrected chi connectivity index (χ4v) is 4.57. The highest BCUT2D eigenvalue weighted by atomic mass is 16.5. The van der Waals surface area contributed by atoms with Crippen LogP contribution < -0.4 is 4.74 Å². The molecule has 0 saturated heterocycles. The Morgan fingerprint density at radius 1 is 1.08 bits per heavy atom. The number of aliphatic hydroxyl groups excluding tert-OH is 1. The molecule has 1 atom stereocenters. The predicted octanol–water partition coefficient (Wildman–Crippen LogP) is 6.11. The van der Waals surface area contributed by atoms with E-state index >= 15 is 0 Å². The van der Waals surface area contributed by atoms with E-state index in [-0.39, 0.29) is 23.3 Å². The van der Waals surface area contributed by atoms with Gasteiger partial charge in [0.15, 0.2) is 22.9 Å². The van der Waals surface area contributed by atoms with Crippen molar-refractivity contribution in [2.75, 3.05) is 7.11 Å². The molecule has 3 heterocycles. The van der Waals surface area contributed by atoms with Crippen LogP contribution in [0.2, 0.25) is 0 Å². The highest BCUT2D eigenvalue weighted by Gasteiger charge is 2.45. The fourth-order valence-electron chi connectivity index (χ4n) is 4.57. The highest BCUT2D eigenvalue weighted by molar-refractivity contribution is 6.16. The summed E-state index contributed by atoms with van der Waals surface area (Å²) in [6.45, 7) is 6.43. The molecule has 1 aliphatic heterocycles. The number of furan rings is 2. The quantitative estimate of drug-likeness (QED) is 0.331. The van der Waals surface area contributed by atoms with Gasteiger partial charge in [0.1, 0.15) is 5.76 Å². The zero-order chi connectivity index (χ0) is 25.6. The van der Waals surface area contributed by atoms with Crippen LogP contribution in [0.25, 0.3) is 11.0 Å². The first-order chi connectivity index (χ1) is 17.2. The molecule has 4 aromatic rings. The van der Waals surface area contributed by atoms with Gasteiger partial charge >= 0.3 is 0 Å². The molecule has 5 rings (SSSR count). The lowest BCUT2D eigenvalue weighted by Crippen LogP contribution is -2.30. The number of aliphatic hydroxyl groups is 1. The van der Waals surface area contributed by atoms with E-state index < -0.39 is 23.5 Å². The molecule has 1 amide bonds. The molecular weight excluding hydrogens is 458 g/mol. The van der Waals surface area contributed by atoms with Gasteiger partial charge in [0, 0.05) is 5.39 Å². The molecule has 1 aliphatic rings. The van der Waals surface area contributed by atoms with Gasteiger partial charge in [0.05, 0.1) is 31.5 Å². The second kappa shape index (κ2) is 8.75. The molecule has 2 aromatic heterocycles. The van der Waals surface area contributed by atoms with Gasteiger partial charge in [-0.3, -0.25) is 9.59 Å². The molecule has 0 bridgehead atoms. The number of ether oxygens (including phenoxy) is 1. The number of carbonyl (C=O) groups excluding carboxylic acids is 2. The van der Waals surface area contributed by atoms with Gasteiger partial charge in [-0.25, -0.2) is 0 Å². The first-order valence-corrected chi connectivity index (χ1v) is 11.7. The maximum Gasteiger partial charge on any atom is 0.290 e. The minimum absolute atomic E-state index is 0.0139. The Kier molecular flexibility index (Phi) is 5.71. The van der Waals surface area contributed by atoms with Gasteiger partial charge in [-0.05, 0) is 40.8 Å². The Balaban J connectivity index is 1.60. The van der Waals surface area contributed by atoms with E-state index in [4.69, 9.17) is 13.6 Å². The van der Waals surface area contributed by atoms with Crippen LogP contribution >= 0.6 is 0 Å². The molecule has 0 aliphatic carbocycles. The summed E-state index contributed by atoms with van der Waals surface area (Å²) in [5, 5.41) is 11.6. The molecular formula is C29H27NO6. The molecule has 0 saturated carbocycles. The number of hydrogen-bond donors (Lipinski definition) is 1. The lowest BCUT2D eigenvalue weighted by atomic mass is 9.85. The summed E-state index contributed by atoms with van der Waals surface area (Å²) in [6, 6.07) is 17.3. The number of benzene rings is 2. The van der Waals surface area contributed by atoms with E-state index in [9.17, 15) is 14.7 Å². The zero-order valence-electron chi connectivity index (χ0n) is 20.6. The van der Waals surface area contributed by atoms with E-state index in [1.54, 1.807) is 36.4 Å². The van der Waals surface area contributed by atoms with E-state index in [2.05, 4.69) is 20.8 Å². The van der Waals surface area contributed by atoms with Crippen LogP contribution in [0.4, 0.5) is 0 Å². The first-order valence-electron chi connectivity index (χ1n) is 11.7. The van der Waals surface area contributed by atoms with Gasteiger partial charge in [-0.2, -0.15) is 0 Å². The maximum atomic E-state index is 13.8. The Labute approximate surface area is 208 Å². The summed E-state index contributed by atoms with van der Waals surface area (Å²) in [6.07, 6.45) is 1.52. The van der Waals surface area contributed by atoms with Crippen LogP contribution in [0, 0.1) is 0 Å². The van der Waals surface area contributed by atoms with Crippen molar-refractivity contribution in [2.45, 2.75) is 38.8 Å². The number of para-hydroxylation sites is 1. The van der Waals surface area contributed by atoms with Crippen molar-refractivity contribution in [3.05, 3.63) is 101 Å². The van der Waals surface area contributed by atoms with E-state index in [1.165, 1.54) is 18.3 Å². The van der Waals surface area contributed by atoms with Crippen molar-refractivity contribution < 1.29 is 28.3 Å². The van der Waals surface area contributed by atoms with Crippen molar-refractivity contribution in [3.8, 4) is 5.75 Å². The van der Waals surface area contributed by atoms with E-state index in [1.807, 2.05) is 24.3 Å². The van der Waals surface area contributed by atoms with Crippen LogP contribution in [-0.4, -0.2) is 28.8 Å². The molecule has 184 valence electrons. The summed E-state index contributed by atoms with van der Waals surface area (Å²) < 4.78 is 16.7. The number of Topliss-reactive ketones (excluding diaryl/α,β-unsaturated/α-hetero) is 1. The Morgan fingerprint density at radius 3 is 2.47 bits per heavy atom. The van der Waals surface area contributed by atoms with Crippen LogP contribution in [0.1, 0.15) is 54.3 Å². The van der Waals surface area contributed by atoms with Gasteiger partial charge in [-0.1, -0.05) is 57.2 Å². The van der Waals surface area contributed by atoms with Crippen LogP contribution in [0.5, 0.6) is 5.75 Å². The van der Waals surface area contributed by atoms with E-state index in [0.29, 0.717) is 28.0 Å². The number of methoxy groups -OCH3 is 1. The second-order valence-electron chi connectivity index (χ2n) is 9.87. The molecule has 7 heteroatoms. The number of amides is 1. The highest BCUT2D eigenvalue weighted by Crippen LogP contribution is 2.41.